The van der Waals surface area contributed by atoms with Crippen molar-refractivity contribution >= 4 is 22.6 Å². The maximum Gasteiger partial charge on any atom is 0.145 e. The summed E-state index contributed by atoms with van der Waals surface area (Å²) in [6.45, 7) is 6.96. The molecule has 0 saturated carbocycles. The number of aromatic nitrogens is 3. The highest BCUT2D eigenvalue weighted by Crippen LogP contribution is 2.24. The number of halogens is 1. The largest absolute Gasteiger partial charge is 0.317 e. The summed E-state index contributed by atoms with van der Waals surface area (Å²) >= 11 is 6.13. The van der Waals surface area contributed by atoms with Gasteiger partial charge in [0.05, 0.1) is 5.69 Å². The van der Waals surface area contributed by atoms with Crippen LogP contribution in [0, 0.1) is 6.92 Å². The molecule has 2 heterocycles. The third kappa shape index (κ3) is 1.61. The lowest BCUT2D eigenvalue weighted by Gasteiger charge is -2.04. The van der Waals surface area contributed by atoms with Crippen molar-refractivity contribution in [3.8, 4) is 0 Å². The molecule has 0 unspecified atom stereocenters. The van der Waals surface area contributed by atoms with Gasteiger partial charge in [0.2, 0.25) is 0 Å². The fourth-order valence-corrected chi connectivity index (χ4v) is 2.06. The second kappa shape index (κ2) is 3.81. The van der Waals surface area contributed by atoms with Crippen molar-refractivity contribution in [1.29, 1.82) is 0 Å². The highest BCUT2D eigenvalue weighted by molar-refractivity contribution is 6.30. The molecular weight excluding hydrogens is 210 g/mol. The predicted molar refractivity (Wildman–Crippen MR) is 62.3 cm³/mol. The van der Waals surface area contributed by atoms with Gasteiger partial charge < -0.3 is 4.57 Å². The zero-order chi connectivity index (χ0) is 11.0. The fourth-order valence-electron chi connectivity index (χ4n) is 1.75. The smallest absolute Gasteiger partial charge is 0.145 e. The Morgan fingerprint density at radius 1 is 1.33 bits per heavy atom. The number of aryl methyl sites for hydroxylation is 3. The Bertz CT molecular complexity index is 502. The van der Waals surface area contributed by atoms with E-state index < -0.39 is 0 Å². The average molecular weight is 224 g/mol. The molecule has 80 valence electrons. The molecule has 0 atom stereocenters. The Kier molecular flexibility index (Phi) is 2.65. The molecular formula is C11H14ClN3. The summed E-state index contributed by atoms with van der Waals surface area (Å²) in [7, 11) is 0. The van der Waals surface area contributed by atoms with Crippen LogP contribution in [0.3, 0.4) is 0 Å². The lowest BCUT2D eigenvalue weighted by Crippen LogP contribution is -2.00. The van der Waals surface area contributed by atoms with Gasteiger partial charge in [-0.05, 0) is 19.9 Å². The van der Waals surface area contributed by atoms with Gasteiger partial charge in [0.15, 0.2) is 0 Å². The van der Waals surface area contributed by atoms with Gasteiger partial charge in [0, 0.05) is 18.4 Å². The number of fused-ring (bicyclic) bond motifs is 1. The Balaban J connectivity index is 2.80. The van der Waals surface area contributed by atoms with Gasteiger partial charge >= 0.3 is 0 Å². The molecule has 15 heavy (non-hydrogen) atoms. The van der Waals surface area contributed by atoms with Gasteiger partial charge in [-0.2, -0.15) is 0 Å². The summed E-state index contributed by atoms with van der Waals surface area (Å²) in [6, 6.07) is 1.94. The van der Waals surface area contributed by atoms with Gasteiger partial charge in [-0.25, -0.2) is 9.97 Å². The molecule has 0 radical (unpaired) electrons. The predicted octanol–water partition coefficient (Wildman–Crippen LogP) is 2.98. The number of hydrogen-bond acceptors (Lipinski definition) is 2. The van der Waals surface area contributed by atoms with Crippen LogP contribution in [0.1, 0.15) is 25.4 Å². The van der Waals surface area contributed by atoms with Crippen LogP contribution < -0.4 is 0 Å². The van der Waals surface area contributed by atoms with E-state index in [4.69, 9.17) is 11.6 Å². The van der Waals surface area contributed by atoms with E-state index in [2.05, 4.69) is 23.8 Å². The first kappa shape index (κ1) is 10.4. The van der Waals surface area contributed by atoms with Crippen LogP contribution in [-0.4, -0.2) is 14.5 Å². The third-order valence-electron chi connectivity index (χ3n) is 2.57. The Morgan fingerprint density at radius 2 is 2.07 bits per heavy atom. The van der Waals surface area contributed by atoms with Gasteiger partial charge in [-0.3, -0.25) is 0 Å². The molecule has 2 aromatic rings. The Labute approximate surface area is 94.1 Å². The lowest BCUT2D eigenvalue weighted by molar-refractivity contribution is 0.780. The number of rotatable bonds is 2. The van der Waals surface area contributed by atoms with E-state index in [1.54, 1.807) is 0 Å². The SMILES string of the molecule is CCc1nc(C)c2cc(Cl)n(CC)c2n1. The van der Waals surface area contributed by atoms with E-state index in [0.717, 1.165) is 40.7 Å². The van der Waals surface area contributed by atoms with Crippen molar-refractivity contribution < 1.29 is 0 Å². The van der Waals surface area contributed by atoms with E-state index in [0.29, 0.717) is 0 Å². The minimum atomic E-state index is 0.734. The van der Waals surface area contributed by atoms with Gasteiger partial charge in [-0.15, -0.1) is 0 Å². The molecule has 3 nitrogen and oxygen atoms in total. The lowest BCUT2D eigenvalue weighted by atomic mass is 10.3. The summed E-state index contributed by atoms with van der Waals surface area (Å²) in [6.07, 6.45) is 0.850. The molecule has 2 rings (SSSR count). The van der Waals surface area contributed by atoms with E-state index >= 15 is 0 Å². The minimum Gasteiger partial charge on any atom is -0.317 e. The second-order valence-corrected chi connectivity index (χ2v) is 3.91. The molecule has 0 aromatic carbocycles. The van der Waals surface area contributed by atoms with Crippen molar-refractivity contribution in [2.24, 2.45) is 0 Å². The van der Waals surface area contributed by atoms with Gasteiger partial charge in [0.25, 0.3) is 0 Å². The van der Waals surface area contributed by atoms with Crippen LogP contribution in [-0.2, 0) is 13.0 Å². The summed E-state index contributed by atoms with van der Waals surface area (Å²) < 4.78 is 2.00. The zero-order valence-electron chi connectivity index (χ0n) is 9.21. The van der Waals surface area contributed by atoms with Crippen LogP contribution in [0.25, 0.3) is 11.0 Å². The molecule has 0 aliphatic rings. The molecule has 0 amide bonds. The maximum absolute atomic E-state index is 6.13. The van der Waals surface area contributed by atoms with Gasteiger partial charge in [-0.1, -0.05) is 18.5 Å². The number of nitrogens with zero attached hydrogens (tertiary/aromatic N) is 3. The molecule has 0 spiro atoms. The van der Waals surface area contributed by atoms with Crippen LogP contribution in [0.4, 0.5) is 0 Å². The summed E-state index contributed by atoms with van der Waals surface area (Å²) in [5.74, 6) is 0.879. The van der Waals surface area contributed by atoms with Crippen LogP contribution in [0.2, 0.25) is 5.15 Å². The first-order valence-electron chi connectivity index (χ1n) is 5.19. The van der Waals surface area contributed by atoms with Crippen LogP contribution in [0.5, 0.6) is 0 Å². The number of hydrogen-bond donors (Lipinski definition) is 0. The standard InChI is InChI=1S/C11H14ClN3/c1-4-10-13-7(3)8-6-9(12)15(5-2)11(8)14-10/h6H,4-5H2,1-3H3. The van der Waals surface area contributed by atoms with Crippen molar-refractivity contribution in [3.63, 3.8) is 0 Å². The summed E-state index contributed by atoms with van der Waals surface area (Å²) in [5.41, 5.74) is 1.96. The Hall–Kier alpha value is -1.09. The highest BCUT2D eigenvalue weighted by atomic mass is 35.5. The molecule has 0 N–H and O–H groups in total. The van der Waals surface area contributed by atoms with E-state index in [1.165, 1.54) is 0 Å². The minimum absolute atomic E-state index is 0.734. The molecule has 4 heteroatoms. The molecule has 0 aliphatic heterocycles. The molecule has 0 fully saturated rings. The molecule has 0 aliphatic carbocycles. The van der Waals surface area contributed by atoms with E-state index in [-0.39, 0.29) is 0 Å². The van der Waals surface area contributed by atoms with Crippen molar-refractivity contribution in [2.45, 2.75) is 33.7 Å². The normalized spacial score (nSPS) is 11.2. The second-order valence-electron chi connectivity index (χ2n) is 3.53. The quantitative estimate of drug-likeness (QED) is 0.784. The van der Waals surface area contributed by atoms with Crippen molar-refractivity contribution in [1.82, 2.24) is 14.5 Å². The first-order valence-corrected chi connectivity index (χ1v) is 5.57. The van der Waals surface area contributed by atoms with E-state index in [9.17, 15) is 0 Å². The summed E-state index contributed by atoms with van der Waals surface area (Å²) in [4.78, 5) is 8.94. The van der Waals surface area contributed by atoms with Gasteiger partial charge in [0.1, 0.15) is 16.6 Å². The topological polar surface area (TPSA) is 30.7 Å². The molecule has 0 bridgehead atoms. The summed E-state index contributed by atoms with van der Waals surface area (Å²) in [5, 5.41) is 1.79. The third-order valence-corrected chi connectivity index (χ3v) is 2.88. The van der Waals surface area contributed by atoms with Crippen LogP contribution in [0.15, 0.2) is 6.07 Å². The van der Waals surface area contributed by atoms with Crippen molar-refractivity contribution in [2.75, 3.05) is 0 Å². The fraction of sp³-hybridized carbons (Fsp3) is 0.455. The van der Waals surface area contributed by atoms with Crippen LogP contribution >= 0.6 is 11.6 Å². The Morgan fingerprint density at radius 3 is 2.67 bits per heavy atom. The highest BCUT2D eigenvalue weighted by Gasteiger charge is 2.11. The monoisotopic (exact) mass is 223 g/mol. The zero-order valence-corrected chi connectivity index (χ0v) is 9.97. The molecule has 0 saturated heterocycles. The van der Waals surface area contributed by atoms with E-state index in [1.807, 2.05) is 17.6 Å². The first-order chi connectivity index (χ1) is 7.17. The van der Waals surface area contributed by atoms with Crippen molar-refractivity contribution in [3.05, 3.63) is 22.7 Å². The maximum atomic E-state index is 6.13. The molecule has 2 aromatic heterocycles. The average Bonchev–Trinajstić information content (AvgIpc) is 2.54.